The number of amides is 2. The normalized spacial score (nSPS) is 28.7. The molecule has 1 aliphatic carbocycles. The number of hydrogen-bond acceptors (Lipinski definition) is 3. The number of urea groups is 1. The number of carboxylic acid groups (broad SMARTS) is 1. The lowest BCUT2D eigenvalue weighted by atomic mass is 9.86. The van der Waals surface area contributed by atoms with Crippen molar-refractivity contribution in [2.24, 2.45) is 5.92 Å². The molecule has 1 saturated heterocycles. The predicted octanol–water partition coefficient (Wildman–Crippen LogP) is 2.41. The lowest BCUT2D eigenvalue weighted by Gasteiger charge is -2.39. The molecule has 1 aromatic carbocycles. The van der Waals surface area contributed by atoms with E-state index in [1.54, 1.807) is 4.90 Å². The monoisotopic (exact) mass is 360 g/mol. The minimum absolute atomic E-state index is 0.0202. The molecule has 1 saturated carbocycles. The largest absolute Gasteiger partial charge is 0.481 e. The number of nitrogens with zero attached hydrogens (tertiary/aromatic N) is 1. The van der Waals surface area contributed by atoms with Gasteiger partial charge in [0, 0.05) is 12.6 Å². The van der Waals surface area contributed by atoms with Gasteiger partial charge in [-0.05, 0) is 50.5 Å². The summed E-state index contributed by atoms with van der Waals surface area (Å²) in [5, 5.41) is 22.3. The Morgan fingerprint density at radius 1 is 1.15 bits per heavy atom. The number of carbonyl (C=O) groups is 2. The van der Waals surface area contributed by atoms with Crippen LogP contribution < -0.4 is 5.32 Å². The molecule has 1 atom stereocenters. The van der Waals surface area contributed by atoms with Gasteiger partial charge in [-0.1, -0.05) is 30.3 Å². The molecule has 2 amide bonds. The Labute approximate surface area is 154 Å². The summed E-state index contributed by atoms with van der Waals surface area (Å²) in [7, 11) is 0. The molecule has 6 heteroatoms. The second kappa shape index (κ2) is 8.08. The lowest BCUT2D eigenvalue weighted by molar-refractivity contribution is -0.142. The third-order valence-electron chi connectivity index (χ3n) is 5.92. The molecule has 0 bridgehead atoms. The molecular weight excluding hydrogens is 332 g/mol. The van der Waals surface area contributed by atoms with Gasteiger partial charge in [0.05, 0.1) is 18.1 Å². The number of aliphatic hydroxyl groups is 1. The van der Waals surface area contributed by atoms with Crippen LogP contribution in [0.3, 0.4) is 0 Å². The zero-order valence-electron chi connectivity index (χ0n) is 15.1. The van der Waals surface area contributed by atoms with Crippen LogP contribution in [0.4, 0.5) is 4.79 Å². The first-order valence-electron chi connectivity index (χ1n) is 9.50. The molecular formula is C20H28N2O4. The van der Waals surface area contributed by atoms with E-state index in [0.29, 0.717) is 38.6 Å². The number of carboxylic acids is 1. The molecule has 1 aromatic rings. The van der Waals surface area contributed by atoms with Crippen LogP contribution in [0.5, 0.6) is 0 Å². The number of aliphatic hydroxyl groups excluding tert-OH is 1. The van der Waals surface area contributed by atoms with Crippen LogP contribution in [0.15, 0.2) is 30.3 Å². The van der Waals surface area contributed by atoms with E-state index in [9.17, 15) is 14.7 Å². The van der Waals surface area contributed by atoms with E-state index < -0.39 is 11.5 Å². The van der Waals surface area contributed by atoms with Gasteiger partial charge >= 0.3 is 12.0 Å². The zero-order chi connectivity index (χ0) is 18.6. The Bertz CT molecular complexity index is 628. The van der Waals surface area contributed by atoms with Crippen LogP contribution >= 0.6 is 0 Å². The number of likely N-dealkylation sites (tertiary alicyclic amines) is 1. The maximum Gasteiger partial charge on any atom is 0.318 e. The van der Waals surface area contributed by atoms with Gasteiger partial charge in [-0.2, -0.15) is 0 Å². The number of aliphatic carboxylic acids is 1. The van der Waals surface area contributed by atoms with E-state index >= 15 is 0 Å². The molecule has 0 aromatic heterocycles. The van der Waals surface area contributed by atoms with Gasteiger partial charge in [0.15, 0.2) is 0 Å². The highest BCUT2D eigenvalue weighted by Gasteiger charge is 2.43. The summed E-state index contributed by atoms with van der Waals surface area (Å²) < 4.78 is 0. The summed E-state index contributed by atoms with van der Waals surface area (Å²) in [5.41, 5.74) is 0.562. The Kier molecular flexibility index (Phi) is 5.81. The van der Waals surface area contributed by atoms with Crippen LogP contribution in [0.25, 0.3) is 0 Å². The van der Waals surface area contributed by atoms with Crippen molar-refractivity contribution in [3.63, 3.8) is 0 Å². The van der Waals surface area contributed by atoms with Crippen molar-refractivity contribution >= 4 is 12.0 Å². The number of hydrogen-bond donors (Lipinski definition) is 3. The second-order valence-corrected chi connectivity index (χ2v) is 7.64. The average Bonchev–Trinajstić information content (AvgIpc) is 3.07. The number of benzene rings is 1. The quantitative estimate of drug-likeness (QED) is 0.752. The SMILES string of the molecule is O=C(O)C1CCC(NC(=O)N2CCCC2(CO)Cc2ccccc2)CC1. The molecule has 2 aliphatic rings. The summed E-state index contributed by atoms with van der Waals surface area (Å²) >= 11 is 0. The van der Waals surface area contributed by atoms with Crippen LogP contribution in [0.1, 0.15) is 44.1 Å². The van der Waals surface area contributed by atoms with E-state index in [1.807, 2.05) is 30.3 Å². The number of rotatable bonds is 5. The van der Waals surface area contributed by atoms with Crippen molar-refractivity contribution in [1.29, 1.82) is 0 Å². The van der Waals surface area contributed by atoms with E-state index in [-0.39, 0.29) is 24.6 Å². The maximum absolute atomic E-state index is 12.9. The first-order chi connectivity index (χ1) is 12.5. The maximum atomic E-state index is 12.9. The van der Waals surface area contributed by atoms with Gasteiger partial charge in [-0.25, -0.2) is 4.79 Å². The molecule has 0 radical (unpaired) electrons. The fourth-order valence-electron chi connectivity index (χ4n) is 4.37. The minimum Gasteiger partial charge on any atom is -0.481 e. The molecule has 0 spiro atoms. The second-order valence-electron chi connectivity index (χ2n) is 7.64. The highest BCUT2D eigenvalue weighted by atomic mass is 16.4. The molecule has 26 heavy (non-hydrogen) atoms. The van der Waals surface area contributed by atoms with Crippen molar-refractivity contribution in [3.8, 4) is 0 Å². The summed E-state index contributed by atoms with van der Waals surface area (Å²) in [6, 6.07) is 9.85. The number of nitrogens with one attached hydrogen (secondary N) is 1. The standard InChI is InChI=1S/C20H28N2O4/c23-14-20(13-15-5-2-1-3-6-15)11-4-12-22(20)19(26)21-17-9-7-16(8-10-17)18(24)25/h1-3,5-6,16-17,23H,4,7-14H2,(H,21,26)(H,24,25). The summed E-state index contributed by atoms with van der Waals surface area (Å²) in [6.45, 7) is 0.588. The highest BCUT2D eigenvalue weighted by molar-refractivity contribution is 5.76. The molecule has 6 nitrogen and oxygen atoms in total. The first-order valence-corrected chi connectivity index (χ1v) is 9.50. The Morgan fingerprint density at radius 2 is 1.85 bits per heavy atom. The molecule has 3 rings (SSSR count). The first kappa shape index (κ1) is 18.7. The molecule has 1 heterocycles. The van der Waals surface area contributed by atoms with Crippen molar-refractivity contribution in [1.82, 2.24) is 10.2 Å². The smallest absolute Gasteiger partial charge is 0.318 e. The summed E-state index contributed by atoms with van der Waals surface area (Å²) in [6.07, 6.45) is 4.92. The third-order valence-corrected chi connectivity index (χ3v) is 5.92. The molecule has 2 fully saturated rings. The topological polar surface area (TPSA) is 89.9 Å². The van der Waals surface area contributed by atoms with Crippen LogP contribution in [0, 0.1) is 5.92 Å². The molecule has 1 unspecified atom stereocenters. The average molecular weight is 360 g/mol. The van der Waals surface area contributed by atoms with Gasteiger partial charge in [-0.15, -0.1) is 0 Å². The fourth-order valence-corrected chi connectivity index (χ4v) is 4.37. The van der Waals surface area contributed by atoms with Crippen molar-refractivity contribution in [2.45, 2.75) is 56.5 Å². The van der Waals surface area contributed by atoms with Crippen LogP contribution in [-0.2, 0) is 11.2 Å². The van der Waals surface area contributed by atoms with Crippen molar-refractivity contribution < 1.29 is 19.8 Å². The lowest BCUT2D eigenvalue weighted by Crippen LogP contribution is -2.56. The van der Waals surface area contributed by atoms with Crippen molar-refractivity contribution in [2.75, 3.05) is 13.2 Å². The minimum atomic E-state index is -0.739. The Balaban J connectivity index is 1.63. The van der Waals surface area contributed by atoms with E-state index in [2.05, 4.69) is 5.32 Å². The fraction of sp³-hybridized carbons (Fsp3) is 0.600. The highest BCUT2D eigenvalue weighted by Crippen LogP contribution is 2.33. The van der Waals surface area contributed by atoms with Gasteiger partial charge < -0.3 is 20.4 Å². The third kappa shape index (κ3) is 4.01. The molecule has 1 aliphatic heterocycles. The zero-order valence-corrected chi connectivity index (χ0v) is 15.1. The van der Waals surface area contributed by atoms with Gasteiger partial charge in [0.25, 0.3) is 0 Å². The summed E-state index contributed by atoms with van der Waals surface area (Å²) in [4.78, 5) is 25.7. The van der Waals surface area contributed by atoms with Gasteiger partial charge in [-0.3, -0.25) is 4.79 Å². The molecule has 142 valence electrons. The van der Waals surface area contributed by atoms with E-state index in [4.69, 9.17) is 5.11 Å². The van der Waals surface area contributed by atoms with Crippen LogP contribution in [0.2, 0.25) is 0 Å². The predicted molar refractivity (Wildman–Crippen MR) is 97.8 cm³/mol. The van der Waals surface area contributed by atoms with Crippen molar-refractivity contribution in [3.05, 3.63) is 35.9 Å². The Morgan fingerprint density at radius 3 is 2.46 bits per heavy atom. The van der Waals surface area contributed by atoms with Crippen LogP contribution in [-0.4, -0.2) is 51.8 Å². The van der Waals surface area contributed by atoms with Gasteiger partial charge in [0.2, 0.25) is 0 Å². The van der Waals surface area contributed by atoms with E-state index in [1.165, 1.54) is 0 Å². The number of carbonyl (C=O) groups excluding carboxylic acids is 1. The van der Waals surface area contributed by atoms with Gasteiger partial charge in [0.1, 0.15) is 0 Å². The Hall–Kier alpha value is -2.08. The summed E-state index contributed by atoms with van der Waals surface area (Å²) in [5.74, 6) is -1.03. The van der Waals surface area contributed by atoms with E-state index in [0.717, 1.165) is 18.4 Å². The molecule has 3 N–H and O–H groups in total.